The number of halogens is 1. The highest BCUT2D eigenvalue weighted by molar-refractivity contribution is 14.0. The molecule has 4 rings (SSSR count). The van der Waals surface area contributed by atoms with Crippen molar-refractivity contribution in [1.82, 2.24) is 15.6 Å². The molecule has 0 bridgehead atoms. The van der Waals surface area contributed by atoms with E-state index < -0.39 is 0 Å². The van der Waals surface area contributed by atoms with Crippen molar-refractivity contribution in [3.63, 3.8) is 0 Å². The minimum absolute atomic E-state index is 0. The number of hydrogen-bond acceptors (Lipinski definition) is 4. The number of aryl methyl sites for hydroxylation is 2. The first-order valence-electron chi connectivity index (χ1n) is 8.66. The van der Waals surface area contributed by atoms with Crippen molar-refractivity contribution in [2.45, 2.75) is 58.2 Å². The Morgan fingerprint density at radius 1 is 1.42 bits per heavy atom. The van der Waals surface area contributed by atoms with Gasteiger partial charge in [0.2, 0.25) is 0 Å². The van der Waals surface area contributed by atoms with Gasteiger partial charge in [0, 0.05) is 35.9 Å². The van der Waals surface area contributed by atoms with Crippen LogP contribution in [0, 0.1) is 25.2 Å². The van der Waals surface area contributed by atoms with Gasteiger partial charge in [-0.1, -0.05) is 6.42 Å². The predicted molar refractivity (Wildman–Crippen MR) is 108 cm³/mol. The molecule has 134 valence electrons. The summed E-state index contributed by atoms with van der Waals surface area (Å²) in [6, 6.07) is 0.527. The lowest BCUT2D eigenvalue weighted by molar-refractivity contribution is -0.171. The Balaban J connectivity index is 0.00000169. The smallest absolute Gasteiger partial charge is 0.191 e. The molecule has 0 radical (unpaired) electrons. The van der Waals surface area contributed by atoms with Crippen molar-refractivity contribution in [3.05, 3.63) is 15.6 Å². The number of fused-ring (bicyclic) bond motifs is 2. The fourth-order valence-electron chi connectivity index (χ4n) is 4.70. The maximum absolute atomic E-state index is 6.00. The third-order valence-electron chi connectivity index (χ3n) is 5.97. The molecule has 3 aliphatic rings. The lowest BCUT2D eigenvalue weighted by Gasteiger charge is -2.63. The van der Waals surface area contributed by atoms with Gasteiger partial charge >= 0.3 is 0 Å². The number of thiazole rings is 1. The summed E-state index contributed by atoms with van der Waals surface area (Å²) in [5, 5.41) is 8.31. The number of guanidine groups is 1. The molecule has 7 heteroatoms. The van der Waals surface area contributed by atoms with Gasteiger partial charge in [-0.05, 0) is 33.1 Å². The molecule has 3 fully saturated rings. The first kappa shape index (κ1) is 18.4. The van der Waals surface area contributed by atoms with Crippen molar-refractivity contribution in [2.24, 2.45) is 16.3 Å². The molecule has 0 amide bonds. The molecule has 1 aliphatic heterocycles. The normalized spacial score (nSPS) is 30.1. The monoisotopic (exact) mass is 462 g/mol. The fourth-order valence-corrected chi connectivity index (χ4v) is 5.58. The molecular formula is C17H27IN4OS. The minimum atomic E-state index is 0. The predicted octanol–water partition coefficient (Wildman–Crippen LogP) is 3.00. The second-order valence-corrected chi connectivity index (χ2v) is 8.41. The van der Waals surface area contributed by atoms with Gasteiger partial charge in [0.05, 0.1) is 23.4 Å². The zero-order valence-corrected chi connectivity index (χ0v) is 17.7. The number of rotatable bonds is 3. The number of aromatic nitrogens is 1. The third-order valence-corrected chi connectivity index (χ3v) is 7.04. The third kappa shape index (κ3) is 2.86. The van der Waals surface area contributed by atoms with Crippen LogP contribution in [0.15, 0.2) is 4.99 Å². The molecule has 5 nitrogen and oxygen atoms in total. The lowest BCUT2D eigenvalue weighted by Crippen LogP contribution is -2.72. The van der Waals surface area contributed by atoms with Crippen LogP contribution >= 0.6 is 35.3 Å². The minimum Gasteiger partial charge on any atom is -0.377 e. The van der Waals surface area contributed by atoms with E-state index in [1.807, 2.05) is 7.05 Å². The quantitative estimate of drug-likeness (QED) is 0.412. The summed E-state index contributed by atoms with van der Waals surface area (Å²) in [5.74, 6) is 1.58. The van der Waals surface area contributed by atoms with E-state index in [-0.39, 0.29) is 24.0 Å². The molecule has 3 atom stereocenters. The zero-order chi connectivity index (χ0) is 16.0. The van der Waals surface area contributed by atoms with E-state index in [1.54, 1.807) is 11.3 Å². The van der Waals surface area contributed by atoms with Crippen molar-refractivity contribution < 1.29 is 4.74 Å². The van der Waals surface area contributed by atoms with E-state index in [2.05, 4.69) is 34.5 Å². The standard InChI is InChI=1S/C17H26N4OS.HI/c1-10-13(23-11(2)20-10)9-19-16(18-3)21-14-12-5-8-22-15(12)17(14)6-4-7-17;/h12,14-15H,4-9H2,1-3H3,(H2,18,19,21);1H. The SMILES string of the molecule is CN=C(NCc1sc(C)nc1C)NC1C2CCOC2C12CCC2.I. The molecule has 3 unspecified atom stereocenters. The fraction of sp³-hybridized carbons (Fsp3) is 0.765. The van der Waals surface area contributed by atoms with E-state index in [0.717, 1.165) is 29.8 Å². The van der Waals surface area contributed by atoms with E-state index >= 15 is 0 Å². The highest BCUT2D eigenvalue weighted by Gasteiger charge is 2.66. The Kier molecular flexibility index (Phi) is 5.42. The van der Waals surface area contributed by atoms with E-state index in [1.165, 1.54) is 30.6 Å². The van der Waals surface area contributed by atoms with Crippen molar-refractivity contribution in [3.8, 4) is 0 Å². The van der Waals surface area contributed by atoms with Crippen LogP contribution in [0.2, 0.25) is 0 Å². The van der Waals surface area contributed by atoms with E-state index in [0.29, 0.717) is 23.5 Å². The van der Waals surface area contributed by atoms with Gasteiger partial charge in [-0.3, -0.25) is 4.99 Å². The van der Waals surface area contributed by atoms with Crippen LogP contribution in [-0.4, -0.2) is 36.7 Å². The van der Waals surface area contributed by atoms with Crippen LogP contribution in [0.25, 0.3) is 0 Å². The summed E-state index contributed by atoms with van der Waals surface area (Å²) >= 11 is 1.76. The van der Waals surface area contributed by atoms with Crippen molar-refractivity contribution in [1.29, 1.82) is 0 Å². The Hall–Kier alpha value is -0.410. The Bertz CT molecular complexity index is 628. The number of nitrogens with one attached hydrogen (secondary N) is 2. The van der Waals surface area contributed by atoms with Crippen molar-refractivity contribution >= 4 is 41.3 Å². The Morgan fingerprint density at radius 2 is 2.21 bits per heavy atom. The van der Waals surface area contributed by atoms with Gasteiger partial charge in [-0.25, -0.2) is 4.98 Å². The lowest BCUT2D eigenvalue weighted by atomic mass is 9.46. The van der Waals surface area contributed by atoms with Crippen LogP contribution in [-0.2, 0) is 11.3 Å². The molecule has 1 saturated heterocycles. The molecule has 1 spiro atoms. The highest BCUT2D eigenvalue weighted by atomic mass is 127. The van der Waals surface area contributed by atoms with Gasteiger partial charge in [0.25, 0.3) is 0 Å². The second kappa shape index (κ2) is 7.07. The molecule has 2 aliphatic carbocycles. The first-order chi connectivity index (χ1) is 11.1. The van der Waals surface area contributed by atoms with Crippen molar-refractivity contribution in [2.75, 3.05) is 13.7 Å². The summed E-state index contributed by atoms with van der Waals surface area (Å²) in [5.41, 5.74) is 1.51. The van der Waals surface area contributed by atoms with Crippen LogP contribution in [0.5, 0.6) is 0 Å². The summed E-state index contributed by atoms with van der Waals surface area (Å²) < 4.78 is 6.00. The van der Waals surface area contributed by atoms with Gasteiger partial charge in [0.15, 0.2) is 5.96 Å². The number of hydrogen-bond donors (Lipinski definition) is 2. The van der Waals surface area contributed by atoms with Gasteiger partial charge in [-0.15, -0.1) is 35.3 Å². The van der Waals surface area contributed by atoms with Crippen LogP contribution in [0.3, 0.4) is 0 Å². The molecule has 24 heavy (non-hydrogen) atoms. The van der Waals surface area contributed by atoms with Gasteiger partial charge < -0.3 is 15.4 Å². The average molecular weight is 462 g/mol. The highest BCUT2D eigenvalue weighted by Crippen LogP contribution is 2.62. The Morgan fingerprint density at radius 3 is 2.79 bits per heavy atom. The molecule has 1 aromatic rings. The maximum atomic E-state index is 6.00. The number of nitrogens with zero attached hydrogens (tertiary/aromatic N) is 2. The van der Waals surface area contributed by atoms with Gasteiger partial charge in [-0.2, -0.15) is 0 Å². The molecule has 0 aromatic carbocycles. The average Bonchev–Trinajstić information content (AvgIpc) is 3.02. The molecule has 1 aromatic heterocycles. The number of aliphatic imine (C=N–C) groups is 1. The summed E-state index contributed by atoms with van der Waals surface area (Å²) in [4.78, 5) is 10.2. The maximum Gasteiger partial charge on any atom is 0.191 e. The molecule has 2 heterocycles. The molecular weight excluding hydrogens is 435 g/mol. The second-order valence-electron chi connectivity index (χ2n) is 7.12. The number of ether oxygens (including phenoxy) is 1. The van der Waals surface area contributed by atoms with Crippen LogP contribution in [0.4, 0.5) is 0 Å². The summed E-state index contributed by atoms with van der Waals surface area (Å²) in [6.07, 6.45) is 5.63. The zero-order valence-electron chi connectivity index (χ0n) is 14.6. The van der Waals surface area contributed by atoms with Gasteiger partial charge in [0.1, 0.15) is 0 Å². The molecule has 2 saturated carbocycles. The Labute approximate surface area is 165 Å². The van der Waals surface area contributed by atoms with Crippen LogP contribution in [0.1, 0.15) is 41.3 Å². The largest absolute Gasteiger partial charge is 0.377 e. The summed E-state index contributed by atoms with van der Waals surface area (Å²) in [6.45, 7) is 5.86. The van der Waals surface area contributed by atoms with E-state index in [4.69, 9.17) is 4.74 Å². The topological polar surface area (TPSA) is 58.5 Å². The molecule has 2 N–H and O–H groups in total. The van der Waals surface area contributed by atoms with Crippen LogP contribution < -0.4 is 10.6 Å². The summed E-state index contributed by atoms with van der Waals surface area (Å²) in [7, 11) is 1.86. The van der Waals surface area contributed by atoms with E-state index in [9.17, 15) is 0 Å². The first-order valence-corrected chi connectivity index (χ1v) is 9.47.